The Morgan fingerprint density at radius 1 is 1.26 bits per heavy atom. The molecule has 2 aromatic rings. The molecule has 7 nitrogen and oxygen atoms in total. The van der Waals surface area contributed by atoms with Gasteiger partial charge in [-0.2, -0.15) is 0 Å². The van der Waals surface area contributed by atoms with Crippen molar-refractivity contribution >= 4 is 17.8 Å². The molecule has 1 aliphatic heterocycles. The lowest BCUT2D eigenvalue weighted by Crippen LogP contribution is -2.51. The predicted octanol–water partition coefficient (Wildman–Crippen LogP) is 3.80. The first kappa shape index (κ1) is 25.4. The van der Waals surface area contributed by atoms with Crippen molar-refractivity contribution in [3.63, 3.8) is 0 Å². The van der Waals surface area contributed by atoms with E-state index >= 15 is 0 Å². The Morgan fingerprint density at radius 3 is 2.59 bits per heavy atom. The highest BCUT2D eigenvalue weighted by Gasteiger charge is 2.38. The van der Waals surface area contributed by atoms with E-state index in [4.69, 9.17) is 10.5 Å². The van der Waals surface area contributed by atoms with Crippen LogP contribution in [-0.2, 0) is 16.1 Å². The first-order valence-electron chi connectivity index (χ1n) is 11.4. The summed E-state index contributed by atoms with van der Waals surface area (Å²) in [5.41, 5.74) is 7.10. The number of benzene rings is 2. The number of nitrogens with zero attached hydrogens (tertiary/aromatic N) is 2. The molecule has 0 fully saturated rings. The zero-order valence-electron chi connectivity index (χ0n) is 20.2. The van der Waals surface area contributed by atoms with Crippen LogP contribution in [0, 0.1) is 11.7 Å². The molecule has 3 N–H and O–H groups in total. The molecule has 0 aliphatic carbocycles. The number of halogens is 1. The molecule has 0 bridgehead atoms. The zero-order valence-corrected chi connectivity index (χ0v) is 20.2. The number of methoxy groups -OCH3 is 1. The minimum absolute atomic E-state index is 0.0339. The van der Waals surface area contributed by atoms with Crippen LogP contribution in [-0.4, -0.2) is 41.9 Å². The van der Waals surface area contributed by atoms with Gasteiger partial charge in [0.15, 0.2) is 5.96 Å². The molecule has 8 heteroatoms. The molecule has 34 heavy (non-hydrogen) atoms. The Balaban J connectivity index is 1.80. The molecule has 0 aromatic heterocycles. The Hall–Kier alpha value is -3.26. The van der Waals surface area contributed by atoms with Gasteiger partial charge in [-0.3, -0.25) is 14.5 Å². The minimum atomic E-state index is -0.570. The summed E-state index contributed by atoms with van der Waals surface area (Å²) in [6.07, 6.45) is 0.782. The lowest BCUT2D eigenvalue weighted by atomic mass is 9.84. The lowest BCUT2D eigenvalue weighted by Gasteiger charge is -2.37. The van der Waals surface area contributed by atoms with Gasteiger partial charge >= 0.3 is 0 Å². The van der Waals surface area contributed by atoms with E-state index < -0.39 is 17.3 Å². The van der Waals surface area contributed by atoms with Crippen molar-refractivity contribution in [3.8, 4) is 0 Å². The maximum absolute atomic E-state index is 14.5. The highest BCUT2D eigenvalue weighted by atomic mass is 19.1. The first-order valence-corrected chi connectivity index (χ1v) is 11.4. The second-order valence-corrected chi connectivity index (χ2v) is 9.20. The van der Waals surface area contributed by atoms with E-state index in [1.165, 1.54) is 17.0 Å². The molecule has 1 heterocycles. The van der Waals surface area contributed by atoms with Crippen LogP contribution in [0.5, 0.6) is 0 Å². The summed E-state index contributed by atoms with van der Waals surface area (Å²) in [6, 6.07) is 13.3. The van der Waals surface area contributed by atoms with Gasteiger partial charge in [-0.25, -0.2) is 9.38 Å². The Bertz CT molecular complexity index is 1060. The topological polar surface area (TPSA) is 97.0 Å². The molecular formula is C26H33FN4O3. The molecule has 2 amide bonds. The molecule has 2 aromatic carbocycles. The number of amides is 2. The monoisotopic (exact) mass is 468 g/mol. The highest BCUT2D eigenvalue weighted by Crippen LogP contribution is 2.30. The van der Waals surface area contributed by atoms with Gasteiger partial charge in [-0.1, -0.05) is 44.2 Å². The van der Waals surface area contributed by atoms with E-state index in [1.54, 1.807) is 13.2 Å². The second kappa shape index (κ2) is 10.8. The number of rotatable bonds is 9. The number of nitrogens with two attached hydrogens (primary N) is 1. The van der Waals surface area contributed by atoms with Crippen molar-refractivity contribution in [1.82, 2.24) is 10.2 Å². The van der Waals surface area contributed by atoms with E-state index in [0.717, 1.165) is 5.56 Å². The second-order valence-electron chi connectivity index (χ2n) is 9.20. The lowest BCUT2D eigenvalue weighted by molar-refractivity contribution is -0.130. The maximum Gasteiger partial charge on any atom is 0.251 e. The van der Waals surface area contributed by atoms with Gasteiger partial charge in [0.05, 0.1) is 24.5 Å². The Labute approximate surface area is 200 Å². The molecule has 1 aliphatic rings. The summed E-state index contributed by atoms with van der Waals surface area (Å²) in [5, 5.41) is 2.97. The molecular weight excluding hydrogens is 435 g/mol. The molecule has 2 atom stereocenters. The number of carbonyl (C=O) groups is 2. The normalized spacial score (nSPS) is 19.2. The molecule has 0 saturated heterocycles. The van der Waals surface area contributed by atoms with Crippen LogP contribution in [0.15, 0.2) is 53.5 Å². The van der Waals surface area contributed by atoms with Gasteiger partial charge in [-0.15, -0.1) is 0 Å². The number of hydrogen-bond acceptors (Lipinski definition) is 5. The van der Waals surface area contributed by atoms with E-state index in [-0.39, 0.29) is 42.4 Å². The fourth-order valence-electron chi connectivity index (χ4n) is 3.93. The van der Waals surface area contributed by atoms with E-state index in [2.05, 4.69) is 10.3 Å². The van der Waals surface area contributed by atoms with Gasteiger partial charge in [0, 0.05) is 19.3 Å². The Kier molecular flexibility index (Phi) is 8.04. The van der Waals surface area contributed by atoms with Crippen molar-refractivity contribution < 1.29 is 18.7 Å². The van der Waals surface area contributed by atoms with Crippen LogP contribution in [0.3, 0.4) is 0 Å². The Morgan fingerprint density at radius 2 is 1.97 bits per heavy atom. The van der Waals surface area contributed by atoms with Gasteiger partial charge in [0.1, 0.15) is 5.82 Å². The van der Waals surface area contributed by atoms with Gasteiger partial charge in [0.2, 0.25) is 5.91 Å². The van der Waals surface area contributed by atoms with Crippen LogP contribution in [0.4, 0.5) is 4.39 Å². The van der Waals surface area contributed by atoms with Crippen molar-refractivity contribution in [1.29, 1.82) is 0 Å². The van der Waals surface area contributed by atoms with Gasteiger partial charge < -0.3 is 15.8 Å². The molecule has 0 saturated carbocycles. The zero-order chi connectivity index (χ0) is 24.9. The average molecular weight is 469 g/mol. The van der Waals surface area contributed by atoms with E-state index in [0.29, 0.717) is 18.6 Å². The van der Waals surface area contributed by atoms with Crippen LogP contribution in [0.1, 0.15) is 61.1 Å². The molecule has 0 spiro atoms. The standard InChI is InChI=1S/C26H33FN4O3/c1-17(2)26(3)15-23(32)31(25(28)30-26)16-18-12-20(14-21(27)13-18)24(33)29-22(10-11-34-4)19-8-6-5-7-9-19/h5-9,12-14,17,22H,10-11,15-16H2,1-4H3,(H2,28,30)(H,29,33). The third-order valence-corrected chi connectivity index (χ3v) is 6.38. The van der Waals surface area contributed by atoms with Crippen molar-refractivity contribution in [2.45, 2.75) is 51.7 Å². The summed E-state index contributed by atoms with van der Waals surface area (Å²) in [6.45, 7) is 6.38. The number of hydrogen-bond donors (Lipinski definition) is 2. The summed E-state index contributed by atoms with van der Waals surface area (Å²) in [5.74, 6) is -0.918. The fraction of sp³-hybridized carbons (Fsp3) is 0.423. The SMILES string of the molecule is COCCC(NC(=O)c1cc(F)cc(CN2C(=O)CC(C)(C(C)C)N=C2N)c1)c1ccccc1. The molecule has 0 radical (unpaired) electrons. The molecule has 3 rings (SSSR count). The number of guanidine groups is 1. The predicted molar refractivity (Wildman–Crippen MR) is 130 cm³/mol. The highest BCUT2D eigenvalue weighted by molar-refractivity contribution is 5.99. The average Bonchev–Trinajstić information content (AvgIpc) is 2.79. The number of aliphatic imine (C=N–C) groups is 1. The number of carbonyl (C=O) groups excluding carboxylic acids is 2. The van der Waals surface area contributed by atoms with Crippen LogP contribution < -0.4 is 11.1 Å². The van der Waals surface area contributed by atoms with Crippen molar-refractivity contribution in [2.24, 2.45) is 16.6 Å². The van der Waals surface area contributed by atoms with E-state index in [1.807, 2.05) is 51.1 Å². The minimum Gasteiger partial charge on any atom is -0.385 e. The van der Waals surface area contributed by atoms with Crippen molar-refractivity contribution in [2.75, 3.05) is 13.7 Å². The fourth-order valence-corrected chi connectivity index (χ4v) is 3.93. The largest absolute Gasteiger partial charge is 0.385 e. The van der Waals surface area contributed by atoms with Crippen LogP contribution in [0.25, 0.3) is 0 Å². The van der Waals surface area contributed by atoms with Crippen molar-refractivity contribution in [3.05, 3.63) is 71.0 Å². The molecule has 2 unspecified atom stereocenters. The summed E-state index contributed by atoms with van der Waals surface area (Å²) in [4.78, 5) is 31.7. The van der Waals surface area contributed by atoms with E-state index in [9.17, 15) is 14.0 Å². The van der Waals surface area contributed by atoms with Gasteiger partial charge in [0.25, 0.3) is 5.91 Å². The number of ether oxygens (including phenoxy) is 1. The number of nitrogens with one attached hydrogen (secondary N) is 1. The summed E-state index contributed by atoms with van der Waals surface area (Å²) < 4.78 is 19.6. The first-order chi connectivity index (χ1) is 16.1. The van der Waals surface area contributed by atoms with Crippen LogP contribution in [0.2, 0.25) is 0 Å². The summed E-state index contributed by atoms with van der Waals surface area (Å²) in [7, 11) is 1.60. The third-order valence-electron chi connectivity index (χ3n) is 6.38. The smallest absolute Gasteiger partial charge is 0.251 e. The maximum atomic E-state index is 14.5. The van der Waals surface area contributed by atoms with Crippen LogP contribution >= 0.6 is 0 Å². The van der Waals surface area contributed by atoms with Gasteiger partial charge in [-0.05, 0) is 48.6 Å². The third kappa shape index (κ3) is 5.99. The quantitative estimate of drug-likeness (QED) is 0.585. The molecule has 182 valence electrons. The summed E-state index contributed by atoms with van der Waals surface area (Å²) >= 11 is 0.